The summed E-state index contributed by atoms with van der Waals surface area (Å²) in [5.74, 6) is -1.83. The highest BCUT2D eigenvalue weighted by Gasteiger charge is 2.49. The number of likely N-dealkylation sites (tertiary alicyclic amines) is 1. The van der Waals surface area contributed by atoms with Crippen molar-refractivity contribution in [3.05, 3.63) is 75.7 Å². The van der Waals surface area contributed by atoms with Crippen LogP contribution < -0.4 is 20.3 Å². The monoisotopic (exact) mass is 811 g/mol. The molecule has 3 saturated heterocycles. The molecule has 3 aromatic rings. The van der Waals surface area contributed by atoms with Gasteiger partial charge in [-0.15, -0.1) is 10.2 Å². The van der Waals surface area contributed by atoms with Crippen molar-refractivity contribution in [3.63, 3.8) is 0 Å². The van der Waals surface area contributed by atoms with Crippen molar-refractivity contribution in [3.8, 4) is 11.8 Å². The Labute approximate surface area is 339 Å². The van der Waals surface area contributed by atoms with Gasteiger partial charge in [-0.2, -0.15) is 5.26 Å². The van der Waals surface area contributed by atoms with Crippen LogP contribution in [0.4, 0.5) is 15.9 Å². The van der Waals surface area contributed by atoms with Crippen molar-refractivity contribution >= 4 is 52.6 Å². The highest BCUT2D eigenvalue weighted by molar-refractivity contribution is 6.31. The van der Waals surface area contributed by atoms with Gasteiger partial charge in [-0.1, -0.05) is 11.6 Å². The summed E-state index contributed by atoms with van der Waals surface area (Å²) in [5.41, 5.74) is 5.97. The first-order chi connectivity index (χ1) is 28.0. The fourth-order valence-electron chi connectivity index (χ4n) is 8.98. The zero-order valence-corrected chi connectivity index (χ0v) is 32.6. The molecule has 1 unspecified atom stereocenters. The van der Waals surface area contributed by atoms with Crippen LogP contribution >= 0.6 is 11.6 Å². The lowest BCUT2D eigenvalue weighted by Crippen LogP contribution is -2.59. The number of carbonyl (C=O) groups excluding carboxylic acids is 5. The molecule has 0 spiro atoms. The Hall–Kier alpha value is -5.66. The van der Waals surface area contributed by atoms with Gasteiger partial charge in [-0.05, 0) is 87.3 Å². The molecule has 1 aliphatic carbocycles. The van der Waals surface area contributed by atoms with Gasteiger partial charge in [0.05, 0.1) is 33.5 Å². The number of carbonyl (C=O) groups is 5. The second-order valence-electron chi connectivity index (χ2n) is 15.6. The van der Waals surface area contributed by atoms with E-state index in [4.69, 9.17) is 27.3 Å². The van der Waals surface area contributed by atoms with Gasteiger partial charge in [0.1, 0.15) is 23.7 Å². The summed E-state index contributed by atoms with van der Waals surface area (Å²) in [4.78, 5) is 74.6. The standard InChI is InChI=1S/C41H43ClFN9O6/c42-31-19-28(4-1-25(31)22-44)58-27-5-2-26(3-6-27)51-37(53)10-8-34(41(51)57)52-39(55)29-20-32(43)35(21-30(29)40(52)56)49-17-15-48(16-18-49)23-24-11-13-50(14-12-24)36-9-7-33(38(45)54)46-47-36/h1,4,7,9,19-21,24,26-27,34H,2-3,5-6,8,10-18,23H2,(H2,45,54). The maximum absolute atomic E-state index is 15.7. The minimum atomic E-state index is -1.17. The van der Waals surface area contributed by atoms with Gasteiger partial charge < -0.3 is 20.3 Å². The SMILES string of the molecule is N#Cc1ccc(OC2CCC(N3C(=O)CCC(N4C(=O)c5cc(F)c(N6CCN(CC7CCN(c8ccc(C(N)=O)nn8)CC7)CC6)cc5C4=O)C3=O)CC2)cc1Cl. The number of fused-ring (bicyclic) bond motifs is 1. The predicted molar refractivity (Wildman–Crippen MR) is 209 cm³/mol. The van der Waals surface area contributed by atoms with E-state index in [1.807, 2.05) is 11.0 Å². The van der Waals surface area contributed by atoms with E-state index in [-0.39, 0.29) is 47.4 Å². The van der Waals surface area contributed by atoms with Crippen LogP contribution in [0.15, 0.2) is 42.5 Å². The number of nitriles is 1. The van der Waals surface area contributed by atoms with E-state index >= 15 is 4.39 Å². The van der Waals surface area contributed by atoms with Gasteiger partial charge >= 0.3 is 0 Å². The largest absolute Gasteiger partial charge is 0.490 e. The van der Waals surface area contributed by atoms with Gasteiger partial charge in [0.15, 0.2) is 11.5 Å². The number of aromatic nitrogens is 2. The fraction of sp³-hybridized carbons (Fsp3) is 0.463. The number of nitrogens with zero attached hydrogens (tertiary/aromatic N) is 8. The highest BCUT2D eigenvalue weighted by atomic mass is 35.5. The van der Waals surface area contributed by atoms with E-state index in [0.29, 0.717) is 79.9 Å². The minimum Gasteiger partial charge on any atom is -0.490 e. The highest BCUT2D eigenvalue weighted by Crippen LogP contribution is 2.36. The lowest BCUT2D eigenvalue weighted by Gasteiger charge is -2.41. The molecule has 1 aromatic heterocycles. The number of amides is 5. The van der Waals surface area contributed by atoms with E-state index in [2.05, 4.69) is 20.0 Å². The number of nitrogens with two attached hydrogens (primary N) is 1. The molecule has 5 aliphatic rings. The molecular weight excluding hydrogens is 769 g/mol. The number of ether oxygens (including phenoxy) is 1. The Balaban J connectivity index is 0.854. The summed E-state index contributed by atoms with van der Waals surface area (Å²) in [7, 11) is 0. The van der Waals surface area contributed by atoms with Crippen LogP contribution in [-0.2, 0) is 9.59 Å². The number of hydrogen-bond acceptors (Lipinski definition) is 12. The maximum Gasteiger partial charge on any atom is 0.269 e. The first-order valence-electron chi connectivity index (χ1n) is 19.8. The van der Waals surface area contributed by atoms with Crippen molar-refractivity contribution in [1.82, 2.24) is 24.9 Å². The van der Waals surface area contributed by atoms with Crippen molar-refractivity contribution < 1.29 is 33.1 Å². The molecule has 302 valence electrons. The molecule has 2 N–H and O–H groups in total. The van der Waals surface area contributed by atoms with Crippen LogP contribution in [0, 0.1) is 23.1 Å². The van der Waals surface area contributed by atoms with E-state index in [1.54, 1.807) is 30.3 Å². The molecule has 5 amide bonds. The summed E-state index contributed by atoms with van der Waals surface area (Å²) >= 11 is 6.16. The van der Waals surface area contributed by atoms with Gasteiger partial charge in [-0.25, -0.2) is 4.39 Å². The summed E-state index contributed by atoms with van der Waals surface area (Å²) in [5, 5.41) is 17.5. The molecule has 1 atom stereocenters. The van der Waals surface area contributed by atoms with Crippen molar-refractivity contribution in [2.45, 2.75) is 69.6 Å². The number of piperidine rings is 2. The number of anilines is 2. The number of rotatable bonds is 9. The van der Waals surface area contributed by atoms with Crippen LogP contribution in [0.1, 0.15) is 88.1 Å². The van der Waals surface area contributed by atoms with E-state index in [0.717, 1.165) is 43.4 Å². The quantitative estimate of drug-likeness (QED) is 0.309. The number of primary amides is 1. The van der Waals surface area contributed by atoms with E-state index in [9.17, 15) is 24.0 Å². The van der Waals surface area contributed by atoms with Crippen LogP contribution in [0.5, 0.6) is 5.75 Å². The Bertz CT molecular complexity index is 2180. The van der Waals surface area contributed by atoms with Gasteiger partial charge in [0.25, 0.3) is 23.6 Å². The predicted octanol–water partition coefficient (Wildman–Crippen LogP) is 3.78. The summed E-state index contributed by atoms with van der Waals surface area (Å²) in [6, 6.07) is 11.2. The van der Waals surface area contributed by atoms with E-state index in [1.165, 1.54) is 11.0 Å². The summed E-state index contributed by atoms with van der Waals surface area (Å²) < 4.78 is 21.8. The zero-order valence-electron chi connectivity index (χ0n) is 31.8. The zero-order chi connectivity index (χ0) is 40.7. The van der Waals surface area contributed by atoms with Crippen LogP contribution in [0.2, 0.25) is 5.02 Å². The first-order valence-corrected chi connectivity index (χ1v) is 20.2. The number of hydrogen-bond donors (Lipinski definition) is 1. The molecule has 0 bridgehead atoms. The average Bonchev–Trinajstić information content (AvgIpc) is 3.46. The normalized spacial score (nSPS) is 23.3. The molecule has 1 saturated carbocycles. The summed E-state index contributed by atoms with van der Waals surface area (Å²) in [6.07, 6.45) is 3.82. The van der Waals surface area contributed by atoms with Gasteiger partial charge in [-0.3, -0.25) is 38.7 Å². The molecule has 58 heavy (non-hydrogen) atoms. The third-order valence-corrected chi connectivity index (χ3v) is 12.5. The molecule has 8 rings (SSSR count). The van der Waals surface area contributed by atoms with Crippen molar-refractivity contribution in [2.75, 3.05) is 55.6 Å². The van der Waals surface area contributed by atoms with Crippen LogP contribution in [0.3, 0.4) is 0 Å². The van der Waals surface area contributed by atoms with Crippen molar-refractivity contribution in [1.29, 1.82) is 5.26 Å². The number of piperazine rings is 1. The van der Waals surface area contributed by atoms with Crippen LogP contribution in [-0.4, -0.2) is 118 Å². The molecular formula is C41H43ClFN9O6. The number of benzene rings is 2. The molecule has 5 heterocycles. The Morgan fingerprint density at radius 2 is 1.55 bits per heavy atom. The number of imide groups is 2. The molecule has 0 radical (unpaired) electrons. The topological polar surface area (TPSA) is 186 Å². The third kappa shape index (κ3) is 7.68. The molecule has 15 nitrogen and oxygen atoms in total. The Morgan fingerprint density at radius 1 is 0.845 bits per heavy atom. The fourth-order valence-corrected chi connectivity index (χ4v) is 9.20. The van der Waals surface area contributed by atoms with E-state index < -0.39 is 41.5 Å². The lowest BCUT2D eigenvalue weighted by molar-refractivity contribution is -0.155. The molecule has 4 fully saturated rings. The third-order valence-electron chi connectivity index (χ3n) is 12.2. The second-order valence-corrected chi connectivity index (χ2v) is 16.1. The average molecular weight is 812 g/mol. The molecule has 2 aromatic carbocycles. The molecule has 4 aliphatic heterocycles. The van der Waals surface area contributed by atoms with Gasteiger partial charge in [0, 0.05) is 64.3 Å². The smallest absolute Gasteiger partial charge is 0.269 e. The Kier molecular flexibility index (Phi) is 11.0. The number of halogens is 2. The lowest BCUT2D eigenvalue weighted by atomic mass is 9.89. The minimum absolute atomic E-state index is 0.00597. The summed E-state index contributed by atoms with van der Waals surface area (Å²) in [6.45, 7) is 5.01. The Morgan fingerprint density at radius 3 is 2.19 bits per heavy atom. The molecule has 17 heteroatoms. The van der Waals surface area contributed by atoms with Crippen molar-refractivity contribution in [2.24, 2.45) is 11.7 Å². The maximum atomic E-state index is 15.7. The first kappa shape index (κ1) is 39.2. The van der Waals surface area contributed by atoms with Gasteiger partial charge in [0.2, 0.25) is 5.91 Å². The second kappa shape index (κ2) is 16.3. The van der Waals surface area contributed by atoms with Crippen LogP contribution in [0.25, 0.3) is 0 Å².